The second-order valence-electron chi connectivity index (χ2n) is 6.78. The molecule has 0 aromatic carbocycles. The first kappa shape index (κ1) is 11.5. The van der Waals surface area contributed by atoms with Crippen LogP contribution in [0.5, 0.6) is 0 Å². The molecular formula is C16H23OP. The van der Waals surface area contributed by atoms with Crippen LogP contribution in [0.4, 0.5) is 0 Å². The fraction of sp³-hybridized carbons (Fsp3) is 0.750. The minimum Gasteiger partial charge on any atom is -0.322 e. The van der Waals surface area contributed by atoms with Crippen LogP contribution in [0.15, 0.2) is 24.3 Å². The maximum absolute atomic E-state index is 13.6. The molecule has 4 fully saturated rings. The quantitative estimate of drug-likeness (QED) is 0.504. The third-order valence-corrected chi connectivity index (χ3v) is 10.2. The van der Waals surface area contributed by atoms with Crippen molar-refractivity contribution in [1.82, 2.24) is 0 Å². The minimum absolute atomic E-state index is 0.292. The molecule has 18 heavy (non-hydrogen) atoms. The van der Waals surface area contributed by atoms with E-state index in [-0.39, 0.29) is 0 Å². The third-order valence-electron chi connectivity index (χ3n) is 6.10. The highest BCUT2D eigenvalue weighted by molar-refractivity contribution is 7.66. The van der Waals surface area contributed by atoms with Gasteiger partial charge in [0.05, 0.1) is 0 Å². The monoisotopic (exact) mass is 262 g/mol. The zero-order valence-electron chi connectivity index (χ0n) is 11.0. The van der Waals surface area contributed by atoms with Gasteiger partial charge < -0.3 is 4.57 Å². The van der Waals surface area contributed by atoms with E-state index in [1.54, 1.807) is 0 Å². The van der Waals surface area contributed by atoms with E-state index in [2.05, 4.69) is 24.3 Å². The van der Waals surface area contributed by atoms with E-state index in [0.29, 0.717) is 11.3 Å². The Labute approximate surface area is 110 Å². The lowest BCUT2D eigenvalue weighted by molar-refractivity contribution is 0.110. The lowest BCUT2D eigenvalue weighted by atomic mass is 9.64. The van der Waals surface area contributed by atoms with Crippen molar-refractivity contribution in [2.75, 3.05) is 6.16 Å². The van der Waals surface area contributed by atoms with Crippen LogP contribution in [0, 0.1) is 17.8 Å². The molecule has 4 aliphatic carbocycles. The first-order valence-corrected chi connectivity index (χ1v) is 9.74. The van der Waals surface area contributed by atoms with Crippen LogP contribution in [0.25, 0.3) is 0 Å². The van der Waals surface area contributed by atoms with Gasteiger partial charge in [0.1, 0.15) is 7.14 Å². The van der Waals surface area contributed by atoms with Crippen molar-refractivity contribution in [3.63, 3.8) is 0 Å². The maximum atomic E-state index is 13.6. The summed E-state index contributed by atoms with van der Waals surface area (Å²) in [6.07, 6.45) is 17.9. The molecule has 98 valence electrons. The van der Waals surface area contributed by atoms with Crippen molar-refractivity contribution in [3.05, 3.63) is 24.3 Å². The summed E-state index contributed by atoms with van der Waals surface area (Å²) < 4.78 is 13.6. The first-order chi connectivity index (χ1) is 8.79. The summed E-state index contributed by atoms with van der Waals surface area (Å²) in [5.74, 6) is 2.55. The molecule has 0 aromatic heterocycles. The minimum atomic E-state index is -1.99. The smallest absolute Gasteiger partial charge is 0.101 e. The summed E-state index contributed by atoms with van der Waals surface area (Å²) in [5.41, 5.74) is 0.892. The highest BCUT2D eigenvalue weighted by Gasteiger charge is 2.56. The Balaban J connectivity index is 1.70. The van der Waals surface area contributed by atoms with Crippen molar-refractivity contribution in [2.24, 2.45) is 17.8 Å². The van der Waals surface area contributed by atoms with Crippen LogP contribution in [-0.4, -0.2) is 17.5 Å². The Kier molecular flexibility index (Phi) is 2.63. The highest BCUT2D eigenvalue weighted by Crippen LogP contribution is 2.72. The lowest BCUT2D eigenvalue weighted by Crippen LogP contribution is -2.41. The fourth-order valence-corrected chi connectivity index (χ4v) is 9.92. The molecule has 2 heteroatoms. The SMILES string of the molecule is O=[P@@]1(C2C=CCC=C2)CC[C@@H]2C3CCC(CC3)[C@@H]21. The van der Waals surface area contributed by atoms with E-state index in [9.17, 15) is 4.57 Å². The van der Waals surface area contributed by atoms with Gasteiger partial charge in [-0.25, -0.2) is 0 Å². The molecule has 2 bridgehead atoms. The van der Waals surface area contributed by atoms with Gasteiger partial charge in [-0.05, 0) is 56.3 Å². The van der Waals surface area contributed by atoms with Crippen molar-refractivity contribution in [3.8, 4) is 0 Å². The number of fused-ring (bicyclic) bond motifs is 2. The molecule has 0 amide bonds. The van der Waals surface area contributed by atoms with Crippen LogP contribution in [-0.2, 0) is 4.57 Å². The van der Waals surface area contributed by atoms with Gasteiger partial charge in [-0.3, -0.25) is 0 Å². The normalized spacial score (nSPS) is 50.7. The molecule has 1 aliphatic heterocycles. The average molecular weight is 262 g/mol. The summed E-state index contributed by atoms with van der Waals surface area (Å²) in [6.45, 7) is 0. The lowest BCUT2D eigenvalue weighted by Gasteiger charge is -2.48. The van der Waals surface area contributed by atoms with Crippen LogP contribution in [0.2, 0.25) is 0 Å². The van der Waals surface area contributed by atoms with Crippen molar-refractivity contribution in [1.29, 1.82) is 0 Å². The average Bonchev–Trinajstić information content (AvgIpc) is 2.83. The molecule has 0 aromatic rings. The Morgan fingerprint density at radius 1 is 0.889 bits per heavy atom. The summed E-state index contributed by atoms with van der Waals surface area (Å²) in [7, 11) is -1.99. The molecule has 1 nitrogen and oxygen atoms in total. The summed E-state index contributed by atoms with van der Waals surface area (Å²) in [4.78, 5) is 0. The Morgan fingerprint density at radius 2 is 1.56 bits per heavy atom. The van der Waals surface area contributed by atoms with Crippen molar-refractivity contribution >= 4 is 7.14 Å². The molecule has 5 rings (SSSR count). The molecular weight excluding hydrogens is 239 g/mol. The van der Waals surface area contributed by atoms with Gasteiger partial charge in [-0.1, -0.05) is 24.3 Å². The predicted octanol–water partition coefficient (Wildman–Crippen LogP) is 4.44. The number of hydrogen-bond donors (Lipinski definition) is 0. The second-order valence-corrected chi connectivity index (χ2v) is 10.1. The van der Waals surface area contributed by atoms with E-state index >= 15 is 0 Å². The molecule has 0 unspecified atom stereocenters. The van der Waals surface area contributed by atoms with Gasteiger partial charge in [0, 0.05) is 17.5 Å². The molecule has 0 spiro atoms. The van der Waals surface area contributed by atoms with Gasteiger partial charge in [0.25, 0.3) is 0 Å². The highest BCUT2D eigenvalue weighted by atomic mass is 31.2. The standard InChI is InChI=1S/C16H23OP/c17-18(14-4-2-1-3-5-14)11-10-15-12-6-8-13(9-7-12)16(15)18/h2-5,12-16H,1,6-11H2/t12?,13?,15-,16+,18-/m1/s1. The molecule has 0 N–H and O–H groups in total. The Morgan fingerprint density at radius 3 is 2.28 bits per heavy atom. The Hall–Kier alpha value is -0.290. The molecule has 0 radical (unpaired) electrons. The molecule has 3 saturated carbocycles. The predicted molar refractivity (Wildman–Crippen MR) is 76.5 cm³/mol. The largest absolute Gasteiger partial charge is 0.322 e. The van der Waals surface area contributed by atoms with E-state index in [1.165, 1.54) is 32.1 Å². The van der Waals surface area contributed by atoms with Crippen LogP contribution in [0.1, 0.15) is 38.5 Å². The number of rotatable bonds is 1. The Bertz CT molecular complexity index is 430. The fourth-order valence-electron chi connectivity index (χ4n) is 5.35. The van der Waals surface area contributed by atoms with Crippen molar-refractivity contribution < 1.29 is 4.57 Å². The van der Waals surface area contributed by atoms with Gasteiger partial charge in [-0.2, -0.15) is 0 Å². The van der Waals surface area contributed by atoms with Crippen LogP contribution in [0.3, 0.4) is 0 Å². The number of hydrogen-bond acceptors (Lipinski definition) is 1. The van der Waals surface area contributed by atoms with Gasteiger partial charge >= 0.3 is 0 Å². The third kappa shape index (κ3) is 1.49. The molecule has 1 heterocycles. The molecule has 3 atom stereocenters. The molecule has 5 aliphatic rings. The van der Waals surface area contributed by atoms with E-state index in [1.807, 2.05) is 0 Å². The van der Waals surface area contributed by atoms with E-state index in [4.69, 9.17) is 0 Å². The first-order valence-electron chi connectivity index (χ1n) is 7.71. The van der Waals surface area contributed by atoms with E-state index in [0.717, 1.165) is 30.3 Å². The summed E-state index contributed by atoms with van der Waals surface area (Å²) >= 11 is 0. The van der Waals surface area contributed by atoms with Crippen LogP contribution >= 0.6 is 7.14 Å². The zero-order valence-corrected chi connectivity index (χ0v) is 11.9. The molecule has 1 saturated heterocycles. The maximum Gasteiger partial charge on any atom is 0.101 e. The summed E-state index contributed by atoms with van der Waals surface area (Å²) in [6, 6.07) is 0. The zero-order chi connectivity index (χ0) is 12.2. The van der Waals surface area contributed by atoms with Crippen LogP contribution < -0.4 is 0 Å². The van der Waals surface area contributed by atoms with Gasteiger partial charge in [0.15, 0.2) is 0 Å². The number of allylic oxidation sites excluding steroid dienone is 4. The summed E-state index contributed by atoms with van der Waals surface area (Å²) in [5, 5.41) is 0. The topological polar surface area (TPSA) is 17.1 Å². The van der Waals surface area contributed by atoms with Gasteiger partial charge in [-0.15, -0.1) is 0 Å². The van der Waals surface area contributed by atoms with E-state index < -0.39 is 7.14 Å². The van der Waals surface area contributed by atoms with Gasteiger partial charge in [0.2, 0.25) is 0 Å². The second kappa shape index (κ2) is 4.10. The van der Waals surface area contributed by atoms with Crippen molar-refractivity contribution in [2.45, 2.75) is 49.8 Å².